The lowest BCUT2D eigenvalue weighted by atomic mass is 10.1. The average molecular weight is 450 g/mol. The number of pyridine rings is 2. The normalized spacial score (nSPS) is 16.2. The van der Waals surface area contributed by atoms with E-state index in [1.807, 2.05) is 29.1 Å². The molecule has 0 atom stereocenters. The Balaban J connectivity index is 1.31. The van der Waals surface area contributed by atoms with Gasteiger partial charge in [-0.1, -0.05) is 0 Å². The van der Waals surface area contributed by atoms with Crippen LogP contribution in [-0.4, -0.2) is 77.6 Å². The number of carbonyl (C=O) groups excluding carboxylic acids is 1. The molecule has 5 heterocycles. The lowest BCUT2D eigenvalue weighted by Crippen LogP contribution is -2.38. The van der Waals surface area contributed by atoms with Gasteiger partial charge in [-0.15, -0.1) is 0 Å². The third kappa shape index (κ3) is 4.27. The zero-order valence-corrected chi connectivity index (χ0v) is 18.7. The number of methoxy groups -OCH3 is 2. The monoisotopic (exact) mass is 450 g/mol. The number of nitrogens with zero attached hydrogens (tertiary/aromatic N) is 6. The number of aromatic nitrogens is 4. The summed E-state index contributed by atoms with van der Waals surface area (Å²) in [6, 6.07) is 5.47. The van der Waals surface area contributed by atoms with E-state index >= 15 is 0 Å². The van der Waals surface area contributed by atoms with Gasteiger partial charge in [0.1, 0.15) is 0 Å². The molecule has 0 aliphatic carbocycles. The Morgan fingerprint density at radius 1 is 1.09 bits per heavy atom. The number of morpholine rings is 1. The minimum atomic E-state index is -0.0674. The van der Waals surface area contributed by atoms with Crippen molar-refractivity contribution in [3.63, 3.8) is 0 Å². The molecule has 3 aromatic rings. The van der Waals surface area contributed by atoms with Gasteiger partial charge in [0.05, 0.1) is 69.4 Å². The summed E-state index contributed by atoms with van der Waals surface area (Å²) in [4.78, 5) is 26.1. The Bertz CT molecular complexity index is 1160. The molecule has 0 saturated carbocycles. The third-order valence-corrected chi connectivity index (χ3v) is 5.97. The molecule has 2 aliphatic rings. The smallest absolute Gasteiger partial charge is 0.260 e. The number of rotatable bonds is 7. The quantitative estimate of drug-likeness (QED) is 0.538. The fourth-order valence-corrected chi connectivity index (χ4v) is 4.11. The molecule has 0 aromatic carbocycles. The molecule has 0 radical (unpaired) electrons. The highest BCUT2D eigenvalue weighted by Crippen LogP contribution is 2.32. The first kappa shape index (κ1) is 21.4. The van der Waals surface area contributed by atoms with Crippen molar-refractivity contribution in [3.05, 3.63) is 48.0 Å². The van der Waals surface area contributed by atoms with Crippen LogP contribution in [0.1, 0.15) is 16.1 Å². The van der Waals surface area contributed by atoms with Crippen LogP contribution in [0.15, 0.2) is 36.8 Å². The largest absolute Gasteiger partial charge is 0.491 e. The Morgan fingerprint density at radius 2 is 1.94 bits per heavy atom. The number of carbonyl (C=O) groups is 1. The number of ether oxygens (including phenoxy) is 3. The first-order valence-electron chi connectivity index (χ1n) is 10.9. The van der Waals surface area contributed by atoms with E-state index in [9.17, 15) is 4.79 Å². The molecule has 0 N–H and O–H groups in total. The summed E-state index contributed by atoms with van der Waals surface area (Å²) in [7, 11) is 3.11. The standard InChI is InChI=1S/C23H26N6O4/c1-31-21-11-16(12-24-22(21)32-2)19-4-3-18-20(26-19)15-29(23(18)30)17-13-25-28(14-17)6-5-27-7-9-33-10-8-27/h3-4,11-14H,5-10,15H2,1-2H3. The topological polar surface area (TPSA) is 94.8 Å². The second kappa shape index (κ2) is 9.16. The molecule has 10 heteroatoms. The lowest BCUT2D eigenvalue weighted by Gasteiger charge is -2.26. The van der Waals surface area contributed by atoms with E-state index in [-0.39, 0.29) is 5.91 Å². The van der Waals surface area contributed by atoms with Crippen LogP contribution in [0.4, 0.5) is 5.69 Å². The summed E-state index contributed by atoms with van der Waals surface area (Å²) in [6.45, 7) is 5.51. The zero-order chi connectivity index (χ0) is 22.8. The summed E-state index contributed by atoms with van der Waals surface area (Å²) < 4.78 is 17.8. The van der Waals surface area contributed by atoms with E-state index in [2.05, 4.69) is 15.0 Å². The molecule has 172 valence electrons. The lowest BCUT2D eigenvalue weighted by molar-refractivity contribution is 0.0360. The van der Waals surface area contributed by atoms with Crippen LogP contribution in [0, 0.1) is 0 Å². The van der Waals surface area contributed by atoms with Gasteiger partial charge in [0, 0.05) is 37.6 Å². The second-order valence-corrected chi connectivity index (χ2v) is 7.93. The minimum Gasteiger partial charge on any atom is -0.491 e. The van der Waals surface area contributed by atoms with Crippen molar-refractivity contribution in [2.45, 2.75) is 13.1 Å². The Hall–Kier alpha value is -3.50. The molecule has 1 amide bonds. The predicted octanol–water partition coefficient (Wildman–Crippen LogP) is 1.85. The van der Waals surface area contributed by atoms with Gasteiger partial charge in [-0.3, -0.25) is 24.3 Å². The van der Waals surface area contributed by atoms with Crippen LogP contribution < -0.4 is 14.4 Å². The fourth-order valence-electron chi connectivity index (χ4n) is 4.11. The minimum absolute atomic E-state index is 0.0674. The van der Waals surface area contributed by atoms with Gasteiger partial charge in [-0.2, -0.15) is 5.10 Å². The van der Waals surface area contributed by atoms with Crippen LogP contribution in [0.25, 0.3) is 11.3 Å². The van der Waals surface area contributed by atoms with Gasteiger partial charge in [0.15, 0.2) is 5.75 Å². The van der Waals surface area contributed by atoms with E-state index < -0.39 is 0 Å². The highest BCUT2D eigenvalue weighted by molar-refractivity contribution is 6.09. The van der Waals surface area contributed by atoms with Crippen molar-refractivity contribution >= 4 is 11.6 Å². The molecule has 33 heavy (non-hydrogen) atoms. The highest BCUT2D eigenvalue weighted by Gasteiger charge is 2.31. The summed E-state index contributed by atoms with van der Waals surface area (Å²) >= 11 is 0. The van der Waals surface area contributed by atoms with Gasteiger partial charge >= 0.3 is 0 Å². The molecule has 0 spiro atoms. The summed E-state index contributed by atoms with van der Waals surface area (Å²) in [5, 5.41) is 4.45. The van der Waals surface area contributed by atoms with Crippen LogP contribution >= 0.6 is 0 Å². The van der Waals surface area contributed by atoms with E-state index in [1.165, 1.54) is 0 Å². The first-order valence-corrected chi connectivity index (χ1v) is 10.9. The van der Waals surface area contributed by atoms with E-state index in [4.69, 9.17) is 19.2 Å². The molecular weight excluding hydrogens is 424 g/mol. The predicted molar refractivity (Wildman–Crippen MR) is 121 cm³/mol. The van der Waals surface area contributed by atoms with Crippen LogP contribution in [-0.2, 0) is 17.8 Å². The van der Waals surface area contributed by atoms with Crippen molar-refractivity contribution in [3.8, 4) is 22.9 Å². The van der Waals surface area contributed by atoms with Crippen molar-refractivity contribution in [2.24, 2.45) is 0 Å². The van der Waals surface area contributed by atoms with Crippen LogP contribution in [0.5, 0.6) is 11.6 Å². The Labute approximate surface area is 191 Å². The number of amides is 1. The van der Waals surface area contributed by atoms with Crippen molar-refractivity contribution < 1.29 is 19.0 Å². The molecule has 2 aliphatic heterocycles. The number of hydrogen-bond donors (Lipinski definition) is 0. The summed E-state index contributed by atoms with van der Waals surface area (Å²) in [5.74, 6) is 0.871. The van der Waals surface area contributed by atoms with Gasteiger partial charge in [0.25, 0.3) is 11.8 Å². The van der Waals surface area contributed by atoms with E-state index in [0.717, 1.165) is 62.0 Å². The molecule has 10 nitrogen and oxygen atoms in total. The van der Waals surface area contributed by atoms with Gasteiger partial charge in [0.2, 0.25) is 0 Å². The van der Waals surface area contributed by atoms with E-state index in [1.54, 1.807) is 31.5 Å². The number of fused-ring (bicyclic) bond motifs is 1. The van der Waals surface area contributed by atoms with Gasteiger partial charge in [-0.25, -0.2) is 4.98 Å². The third-order valence-electron chi connectivity index (χ3n) is 5.97. The van der Waals surface area contributed by atoms with Gasteiger partial charge < -0.3 is 14.2 Å². The van der Waals surface area contributed by atoms with Crippen LogP contribution in [0.3, 0.4) is 0 Å². The molecule has 1 saturated heterocycles. The summed E-state index contributed by atoms with van der Waals surface area (Å²) in [5.41, 5.74) is 3.62. The van der Waals surface area contributed by atoms with Crippen molar-refractivity contribution in [1.82, 2.24) is 24.6 Å². The average Bonchev–Trinajstić information content (AvgIpc) is 3.47. The second-order valence-electron chi connectivity index (χ2n) is 7.93. The molecule has 1 fully saturated rings. The maximum atomic E-state index is 13.0. The molecule has 3 aromatic heterocycles. The molecular formula is C23H26N6O4. The van der Waals surface area contributed by atoms with Crippen molar-refractivity contribution in [1.29, 1.82) is 0 Å². The highest BCUT2D eigenvalue weighted by atomic mass is 16.5. The maximum Gasteiger partial charge on any atom is 0.260 e. The maximum absolute atomic E-state index is 13.0. The Morgan fingerprint density at radius 3 is 2.73 bits per heavy atom. The first-order chi connectivity index (χ1) is 16.2. The summed E-state index contributed by atoms with van der Waals surface area (Å²) in [6.07, 6.45) is 5.34. The molecule has 5 rings (SSSR count). The van der Waals surface area contributed by atoms with Crippen molar-refractivity contribution in [2.75, 3.05) is 52.0 Å². The van der Waals surface area contributed by atoms with Crippen LogP contribution in [0.2, 0.25) is 0 Å². The van der Waals surface area contributed by atoms with Gasteiger partial charge in [-0.05, 0) is 18.2 Å². The zero-order valence-electron chi connectivity index (χ0n) is 18.7. The Kier molecular flexibility index (Phi) is 5.93. The SMILES string of the molecule is COc1cc(-c2ccc3c(n2)CN(c2cnn(CCN4CCOCC4)c2)C3=O)cnc1OC. The number of anilines is 1. The molecule has 0 unspecified atom stereocenters. The fraction of sp³-hybridized carbons (Fsp3) is 0.391. The molecule has 0 bridgehead atoms. The van der Waals surface area contributed by atoms with E-state index in [0.29, 0.717) is 23.7 Å². The number of hydrogen-bond acceptors (Lipinski definition) is 8.